The second-order valence-electron chi connectivity index (χ2n) is 12.7. The van der Waals surface area contributed by atoms with E-state index in [1.165, 1.54) is 18.4 Å². The van der Waals surface area contributed by atoms with Crippen molar-refractivity contribution in [3.05, 3.63) is 58.1 Å². The molecule has 1 spiro atoms. The van der Waals surface area contributed by atoms with Crippen LogP contribution in [0.25, 0.3) is 0 Å². The molecule has 1 unspecified atom stereocenters. The fourth-order valence-corrected chi connectivity index (χ4v) is 8.19. The largest absolute Gasteiger partial charge is 0.504 e. The Morgan fingerprint density at radius 3 is 2.73 bits per heavy atom. The Morgan fingerprint density at radius 2 is 2.00 bits per heavy atom. The van der Waals surface area contributed by atoms with Crippen molar-refractivity contribution in [1.29, 1.82) is 5.26 Å². The number of likely N-dealkylation sites (tertiary alicyclic amines) is 1. The summed E-state index contributed by atoms with van der Waals surface area (Å²) in [5.41, 5.74) is 2.97. The van der Waals surface area contributed by atoms with Crippen molar-refractivity contribution in [2.45, 2.75) is 87.6 Å². The van der Waals surface area contributed by atoms with Gasteiger partial charge in [-0.05, 0) is 93.2 Å². The van der Waals surface area contributed by atoms with Gasteiger partial charge in [-0.15, -0.1) is 0 Å². The predicted molar refractivity (Wildman–Crippen MR) is 149 cm³/mol. The van der Waals surface area contributed by atoms with E-state index in [9.17, 15) is 20.3 Å². The number of ether oxygens (including phenoxy) is 1. The third-order valence-corrected chi connectivity index (χ3v) is 10.6. The zero-order valence-corrected chi connectivity index (χ0v) is 23.3. The van der Waals surface area contributed by atoms with E-state index in [4.69, 9.17) is 4.74 Å². The van der Waals surface area contributed by atoms with Crippen LogP contribution < -0.4 is 4.74 Å². The molecular weight excluding hydrogens is 502 g/mol. The lowest BCUT2D eigenvalue weighted by atomic mass is 9.47. The number of nitrogens with zero attached hydrogens (tertiary/aromatic N) is 3. The summed E-state index contributed by atoms with van der Waals surface area (Å²) in [6.07, 6.45) is 3.80. The predicted octanol–water partition coefficient (Wildman–Crippen LogP) is 3.34. The lowest BCUT2D eigenvalue weighted by molar-refractivity contribution is -0.207. The summed E-state index contributed by atoms with van der Waals surface area (Å²) < 4.78 is 6.59. The molecule has 2 bridgehead atoms. The van der Waals surface area contributed by atoms with Gasteiger partial charge in [0.1, 0.15) is 6.10 Å². The molecule has 7 heteroatoms. The Labute approximate surface area is 235 Å². The number of carbonyl (C=O) groups excluding carboxylic acids is 1. The van der Waals surface area contributed by atoms with E-state index in [0.717, 1.165) is 28.8 Å². The van der Waals surface area contributed by atoms with E-state index in [1.807, 2.05) is 38.1 Å². The molecule has 2 aromatic rings. The van der Waals surface area contributed by atoms with Gasteiger partial charge in [-0.2, -0.15) is 5.26 Å². The Kier molecular flexibility index (Phi) is 5.56. The fourth-order valence-electron chi connectivity index (χ4n) is 8.19. The van der Waals surface area contributed by atoms with Crippen LogP contribution in [0.15, 0.2) is 30.3 Å². The van der Waals surface area contributed by atoms with Gasteiger partial charge in [0.2, 0.25) is 0 Å². The topological polar surface area (TPSA) is 97.0 Å². The summed E-state index contributed by atoms with van der Waals surface area (Å²) in [6, 6.07) is 11.1. The minimum absolute atomic E-state index is 0.0412. The Balaban J connectivity index is 1.28. The van der Waals surface area contributed by atoms with E-state index in [2.05, 4.69) is 22.8 Å². The minimum Gasteiger partial charge on any atom is -0.504 e. The normalized spacial score (nSPS) is 33.2. The van der Waals surface area contributed by atoms with Crippen LogP contribution in [-0.4, -0.2) is 69.3 Å². The van der Waals surface area contributed by atoms with Crippen LogP contribution in [0.1, 0.15) is 59.9 Å². The number of piperidine rings is 1. The van der Waals surface area contributed by atoms with Crippen LogP contribution >= 0.6 is 0 Å². The summed E-state index contributed by atoms with van der Waals surface area (Å²) in [5, 5.41) is 34.0. The van der Waals surface area contributed by atoms with Crippen molar-refractivity contribution in [3.8, 4) is 29.4 Å². The van der Waals surface area contributed by atoms with Gasteiger partial charge in [-0.25, -0.2) is 0 Å². The average Bonchev–Trinajstić information content (AvgIpc) is 3.69. The molecule has 3 aliphatic carbocycles. The number of likely N-dealkylation sites (N-methyl/N-ethyl adjacent to an activating group) is 1. The molecule has 40 heavy (non-hydrogen) atoms. The highest BCUT2D eigenvalue weighted by Gasteiger charge is 2.75. The average molecular weight is 538 g/mol. The van der Waals surface area contributed by atoms with Gasteiger partial charge in [0.25, 0.3) is 5.91 Å². The Hall–Kier alpha value is -3.52. The number of hydrogen-bond acceptors (Lipinski definition) is 6. The zero-order valence-electron chi connectivity index (χ0n) is 23.3. The molecule has 0 radical (unpaired) electrons. The van der Waals surface area contributed by atoms with Crippen molar-refractivity contribution in [2.75, 3.05) is 13.6 Å². The highest BCUT2D eigenvalue weighted by atomic mass is 16.5. The number of hydrogen-bond donors (Lipinski definition) is 2. The van der Waals surface area contributed by atoms with Crippen molar-refractivity contribution >= 4 is 5.91 Å². The number of phenols is 1. The van der Waals surface area contributed by atoms with Gasteiger partial charge in [0.05, 0.1) is 29.2 Å². The first-order valence-electron chi connectivity index (χ1n) is 14.4. The Morgan fingerprint density at radius 1 is 1.20 bits per heavy atom. The van der Waals surface area contributed by atoms with Crippen molar-refractivity contribution in [1.82, 2.24) is 9.80 Å². The molecule has 6 atom stereocenters. The van der Waals surface area contributed by atoms with E-state index in [1.54, 1.807) is 18.0 Å². The molecule has 7 nitrogen and oxygen atoms in total. The van der Waals surface area contributed by atoms with E-state index in [0.29, 0.717) is 37.4 Å². The maximum absolute atomic E-state index is 13.4. The fraction of sp³-hybridized carbons (Fsp3) is 0.515. The maximum atomic E-state index is 13.4. The maximum Gasteiger partial charge on any atom is 0.298 e. The number of amides is 1. The molecule has 206 valence electrons. The molecule has 5 aliphatic rings. The van der Waals surface area contributed by atoms with E-state index in [-0.39, 0.29) is 29.8 Å². The molecule has 3 fully saturated rings. The van der Waals surface area contributed by atoms with Crippen LogP contribution in [0.4, 0.5) is 0 Å². The summed E-state index contributed by atoms with van der Waals surface area (Å²) in [6.45, 7) is 4.89. The standard InChI is InChI=1S/C33H35N3O4/c1-19-4-5-21(14-20(19)2)8-11-28(38)35(3)25-12-13-33(39)27-15-23-9-10-26(37)30-29(23)32(33,31(25)40-30)16-24(17-34)36(27)18-22-6-7-22/h4-5,9-10,14,22,24-25,27,31,37,39H,6-7,12-13,15-16,18H2,1-3H3/t24?,25-,27+,31-,32-,33+/m0/s1. The molecule has 2 saturated carbocycles. The third-order valence-electron chi connectivity index (χ3n) is 10.6. The van der Waals surface area contributed by atoms with E-state index >= 15 is 0 Å². The van der Waals surface area contributed by atoms with Crippen LogP contribution in [0.2, 0.25) is 0 Å². The smallest absolute Gasteiger partial charge is 0.298 e. The number of aromatic hydroxyl groups is 1. The molecule has 2 N–H and O–H groups in total. The molecular formula is C33H35N3O4. The molecule has 1 amide bonds. The molecule has 2 aliphatic heterocycles. The first-order valence-corrected chi connectivity index (χ1v) is 14.4. The number of aryl methyl sites for hydroxylation is 2. The van der Waals surface area contributed by atoms with Crippen LogP contribution in [0, 0.1) is 42.9 Å². The number of aliphatic hydroxyl groups is 1. The number of phenolic OH excluding ortho intramolecular Hbond substituents is 1. The van der Waals surface area contributed by atoms with Gasteiger partial charge < -0.3 is 19.8 Å². The summed E-state index contributed by atoms with van der Waals surface area (Å²) in [7, 11) is 1.75. The highest BCUT2D eigenvalue weighted by molar-refractivity contribution is 5.94. The summed E-state index contributed by atoms with van der Waals surface area (Å²) in [5.74, 6) is 6.55. The first-order chi connectivity index (χ1) is 19.2. The molecule has 0 aromatic heterocycles. The van der Waals surface area contributed by atoms with Crippen molar-refractivity contribution in [2.24, 2.45) is 5.92 Å². The molecule has 1 saturated heterocycles. The number of nitriles is 1. The lowest BCUT2D eigenvalue weighted by Crippen LogP contribution is -2.79. The van der Waals surface area contributed by atoms with Crippen molar-refractivity contribution in [3.63, 3.8) is 0 Å². The monoisotopic (exact) mass is 537 g/mol. The Bertz CT molecular complexity index is 1530. The van der Waals surface area contributed by atoms with Gasteiger partial charge in [0, 0.05) is 36.7 Å². The van der Waals surface area contributed by atoms with Gasteiger partial charge in [-0.1, -0.05) is 18.1 Å². The quantitative estimate of drug-likeness (QED) is 0.583. The SMILES string of the molecule is Cc1ccc(C#CC(=O)N(C)[C@H]2CC[C@@]3(O)[C@H]4Cc5ccc(O)c6c5[C@@]3(CC(C#N)N4CC3CC3)[C@H]2O6)cc1C. The summed E-state index contributed by atoms with van der Waals surface area (Å²) in [4.78, 5) is 17.3. The third kappa shape index (κ3) is 3.41. The van der Waals surface area contributed by atoms with Crippen LogP contribution in [0.3, 0.4) is 0 Å². The van der Waals surface area contributed by atoms with Crippen LogP contribution in [-0.2, 0) is 16.6 Å². The zero-order chi connectivity index (χ0) is 28.0. The van der Waals surface area contributed by atoms with Crippen molar-refractivity contribution < 1.29 is 19.7 Å². The molecule has 7 rings (SSSR count). The molecule has 2 aromatic carbocycles. The minimum atomic E-state index is -1.13. The van der Waals surface area contributed by atoms with Gasteiger partial charge >= 0.3 is 0 Å². The summed E-state index contributed by atoms with van der Waals surface area (Å²) >= 11 is 0. The lowest BCUT2D eigenvalue weighted by Gasteiger charge is -2.65. The second-order valence-corrected chi connectivity index (χ2v) is 12.7. The number of benzene rings is 2. The number of rotatable bonds is 3. The van der Waals surface area contributed by atoms with Gasteiger partial charge in [0.15, 0.2) is 11.5 Å². The molecule has 2 heterocycles. The second kappa shape index (κ2) is 8.74. The van der Waals surface area contributed by atoms with Crippen LogP contribution in [0.5, 0.6) is 11.5 Å². The van der Waals surface area contributed by atoms with E-state index < -0.39 is 17.1 Å². The first kappa shape index (κ1) is 25.4. The number of carbonyl (C=O) groups is 1. The highest BCUT2D eigenvalue weighted by Crippen LogP contribution is 2.66. The van der Waals surface area contributed by atoms with Gasteiger partial charge in [-0.3, -0.25) is 9.69 Å².